The Balaban J connectivity index is 2.27. The molecular formula is C6H8N4O. The maximum absolute atomic E-state index is 10.4. The molecule has 0 amide bonds. The molecule has 0 spiro atoms. The summed E-state index contributed by atoms with van der Waals surface area (Å²) in [5.41, 5.74) is 0. The van der Waals surface area contributed by atoms with Gasteiger partial charge in [-0.05, 0) is 29.7 Å². The second-order valence-electron chi connectivity index (χ2n) is 2.68. The van der Waals surface area contributed by atoms with E-state index >= 15 is 0 Å². The quantitative estimate of drug-likeness (QED) is 0.568. The van der Waals surface area contributed by atoms with Gasteiger partial charge in [0.1, 0.15) is 0 Å². The van der Waals surface area contributed by atoms with Crippen molar-refractivity contribution in [2.24, 2.45) is 0 Å². The van der Waals surface area contributed by atoms with Crippen molar-refractivity contribution in [3.05, 3.63) is 5.82 Å². The number of carbonyl (C=O) groups is 1. The zero-order chi connectivity index (χ0) is 7.68. The fraction of sp³-hybridized carbons (Fsp3) is 0.667. The summed E-state index contributed by atoms with van der Waals surface area (Å²) in [5, 5.41) is 10.7. The highest BCUT2D eigenvalue weighted by Crippen LogP contribution is 2.30. The minimum atomic E-state index is 0.342. The van der Waals surface area contributed by atoms with Crippen molar-refractivity contribution in [3.63, 3.8) is 0 Å². The lowest BCUT2D eigenvalue weighted by Gasteiger charge is -2.24. The topological polar surface area (TPSA) is 60.7 Å². The van der Waals surface area contributed by atoms with Crippen LogP contribution in [-0.4, -0.2) is 26.5 Å². The molecule has 0 atom stereocenters. The number of hydrogen-bond acceptors (Lipinski definition) is 4. The first-order valence-corrected chi connectivity index (χ1v) is 3.65. The van der Waals surface area contributed by atoms with Crippen LogP contribution in [0.1, 0.15) is 35.9 Å². The number of tetrazole rings is 1. The van der Waals surface area contributed by atoms with Gasteiger partial charge in [-0.3, -0.25) is 4.79 Å². The summed E-state index contributed by atoms with van der Waals surface area (Å²) in [7, 11) is 0. The molecule has 0 aliphatic heterocycles. The largest absolute Gasteiger partial charge is 0.294 e. The summed E-state index contributed by atoms with van der Waals surface area (Å²) in [4.78, 5) is 10.4. The van der Waals surface area contributed by atoms with Crippen molar-refractivity contribution in [3.8, 4) is 0 Å². The molecule has 2 rings (SSSR count). The average molecular weight is 152 g/mol. The van der Waals surface area contributed by atoms with Gasteiger partial charge in [-0.15, -0.1) is 5.10 Å². The third-order valence-corrected chi connectivity index (χ3v) is 2.04. The minimum absolute atomic E-state index is 0.342. The molecule has 0 bridgehead atoms. The number of hydrogen-bond donors (Lipinski definition) is 0. The van der Waals surface area contributed by atoms with Crippen molar-refractivity contribution < 1.29 is 4.79 Å². The molecule has 0 unspecified atom stereocenters. The Morgan fingerprint density at radius 3 is 2.91 bits per heavy atom. The van der Waals surface area contributed by atoms with E-state index in [0.29, 0.717) is 18.2 Å². The van der Waals surface area contributed by atoms with Crippen LogP contribution in [0.4, 0.5) is 0 Å². The maximum atomic E-state index is 10.4. The predicted molar refractivity (Wildman–Crippen MR) is 36.1 cm³/mol. The van der Waals surface area contributed by atoms with Crippen LogP contribution in [0.5, 0.6) is 0 Å². The van der Waals surface area contributed by atoms with Gasteiger partial charge in [0.25, 0.3) is 0 Å². The van der Waals surface area contributed by atoms with Crippen LogP contribution in [0.25, 0.3) is 0 Å². The molecule has 11 heavy (non-hydrogen) atoms. The molecule has 0 N–H and O–H groups in total. The predicted octanol–water partition coefficient (Wildman–Crippen LogP) is 0.211. The van der Waals surface area contributed by atoms with Gasteiger partial charge in [0.15, 0.2) is 6.29 Å². The van der Waals surface area contributed by atoms with Gasteiger partial charge in [-0.1, -0.05) is 0 Å². The van der Waals surface area contributed by atoms with E-state index in [1.165, 1.54) is 6.42 Å². The number of nitrogens with zero attached hydrogens (tertiary/aromatic N) is 4. The summed E-state index contributed by atoms with van der Waals surface area (Å²) >= 11 is 0. The number of aromatic nitrogens is 4. The summed E-state index contributed by atoms with van der Waals surface area (Å²) in [6.07, 6.45) is 4.08. The summed E-state index contributed by atoms with van der Waals surface area (Å²) in [6, 6.07) is 0.366. The zero-order valence-electron chi connectivity index (χ0n) is 5.97. The lowest BCUT2D eigenvalue weighted by Crippen LogP contribution is -2.20. The van der Waals surface area contributed by atoms with Crippen LogP contribution in [0.3, 0.4) is 0 Å². The molecule has 5 nitrogen and oxygen atoms in total. The molecule has 5 heteroatoms. The highest BCUT2D eigenvalue weighted by atomic mass is 16.1. The Hall–Kier alpha value is -1.26. The lowest BCUT2D eigenvalue weighted by atomic mass is 9.93. The SMILES string of the molecule is O=Cc1nnnn1C1CCC1. The van der Waals surface area contributed by atoms with Gasteiger partial charge in [0, 0.05) is 0 Å². The molecule has 1 aromatic heterocycles. The summed E-state index contributed by atoms with van der Waals surface area (Å²) < 4.78 is 1.61. The summed E-state index contributed by atoms with van der Waals surface area (Å²) in [6.45, 7) is 0. The Bertz CT molecular complexity index is 265. The standard InChI is InChI=1S/C6H8N4O/c11-4-6-7-8-9-10(6)5-2-1-3-5/h4-5H,1-3H2. The molecule has 1 aromatic rings. The third-order valence-electron chi connectivity index (χ3n) is 2.04. The molecular weight excluding hydrogens is 144 g/mol. The van der Waals surface area contributed by atoms with Crippen LogP contribution in [0, 0.1) is 0 Å². The molecule has 1 saturated carbocycles. The highest BCUT2D eigenvalue weighted by Gasteiger charge is 2.23. The van der Waals surface area contributed by atoms with Crippen molar-refractivity contribution in [2.75, 3.05) is 0 Å². The third kappa shape index (κ3) is 0.923. The van der Waals surface area contributed by atoms with Gasteiger partial charge < -0.3 is 0 Å². The molecule has 0 aromatic carbocycles. The van der Waals surface area contributed by atoms with E-state index in [0.717, 1.165) is 12.8 Å². The van der Waals surface area contributed by atoms with Crippen LogP contribution in [0.2, 0.25) is 0 Å². The number of carbonyl (C=O) groups excluding carboxylic acids is 1. The second kappa shape index (κ2) is 2.41. The van der Waals surface area contributed by atoms with Crippen molar-refractivity contribution in [1.82, 2.24) is 20.2 Å². The van der Waals surface area contributed by atoms with Crippen LogP contribution in [-0.2, 0) is 0 Å². The van der Waals surface area contributed by atoms with E-state index in [9.17, 15) is 4.79 Å². The molecule has 58 valence electrons. The van der Waals surface area contributed by atoms with Gasteiger partial charge in [0.05, 0.1) is 6.04 Å². The molecule has 1 heterocycles. The van der Waals surface area contributed by atoms with Gasteiger partial charge in [-0.2, -0.15) is 0 Å². The normalized spacial score (nSPS) is 17.8. The lowest BCUT2D eigenvalue weighted by molar-refractivity contribution is 0.110. The maximum Gasteiger partial charge on any atom is 0.215 e. The Morgan fingerprint density at radius 1 is 1.55 bits per heavy atom. The van der Waals surface area contributed by atoms with E-state index in [1.54, 1.807) is 4.68 Å². The molecule has 0 saturated heterocycles. The monoisotopic (exact) mass is 152 g/mol. The van der Waals surface area contributed by atoms with Crippen molar-refractivity contribution in [2.45, 2.75) is 25.3 Å². The molecule has 1 aliphatic carbocycles. The van der Waals surface area contributed by atoms with Gasteiger partial charge in [-0.25, -0.2) is 4.68 Å². The average Bonchev–Trinajstić information content (AvgIpc) is 2.32. The molecule has 1 fully saturated rings. The molecule has 0 radical (unpaired) electrons. The van der Waals surface area contributed by atoms with Crippen LogP contribution >= 0.6 is 0 Å². The van der Waals surface area contributed by atoms with E-state index in [-0.39, 0.29) is 0 Å². The fourth-order valence-electron chi connectivity index (χ4n) is 1.17. The Morgan fingerprint density at radius 2 is 2.36 bits per heavy atom. The Kier molecular flexibility index (Phi) is 1.41. The van der Waals surface area contributed by atoms with Gasteiger partial charge in [0.2, 0.25) is 5.82 Å². The summed E-state index contributed by atoms with van der Waals surface area (Å²) in [5.74, 6) is 0.342. The highest BCUT2D eigenvalue weighted by molar-refractivity contribution is 5.68. The number of aldehydes is 1. The minimum Gasteiger partial charge on any atom is -0.294 e. The van der Waals surface area contributed by atoms with Gasteiger partial charge >= 0.3 is 0 Å². The first-order valence-electron chi connectivity index (χ1n) is 3.65. The zero-order valence-corrected chi connectivity index (χ0v) is 5.97. The smallest absolute Gasteiger partial charge is 0.215 e. The van der Waals surface area contributed by atoms with E-state index < -0.39 is 0 Å². The Labute approximate surface area is 63.4 Å². The second-order valence-corrected chi connectivity index (χ2v) is 2.68. The van der Waals surface area contributed by atoms with Crippen LogP contribution < -0.4 is 0 Å². The number of rotatable bonds is 2. The fourth-order valence-corrected chi connectivity index (χ4v) is 1.17. The van der Waals surface area contributed by atoms with Crippen molar-refractivity contribution >= 4 is 6.29 Å². The van der Waals surface area contributed by atoms with Crippen molar-refractivity contribution in [1.29, 1.82) is 0 Å². The van der Waals surface area contributed by atoms with E-state index in [2.05, 4.69) is 15.5 Å². The first-order chi connectivity index (χ1) is 5.42. The van der Waals surface area contributed by atoms with E-state index in [1.807, 2.05) is 0 Å². The van der Waals surface area contributed by atoms with E-state index in [4.69, 9.17) is 0 Å². The first kappa shape index (κ1) is 6.45. The molecule has 1 aliphatic rings. The van der Waals surface area contributed by atoms with Crippen LogP contribution in [0.15, 0.2) is 0 Å².